The van der Waals surface area contributed by atoms with Crippen LogP contribution in [0.15, 0.2) is 60.7 Å². The van der Waals surface area contributed by atoms with Gasteiger partial charge in [-0.25, -0.2) is 0 Å². The summed E-state index contributed by atoms with van der Waals surface area (Å²) in [5.41, 5.74) is 8.20. The van der Waals surface area contributed by atoms with Crippen LogP contribution in [-0.2, 0) is 6.42 Å². The normalized spacial score (nSPS) is 18.2. The molecule has 1 fully saturated rings. The fourth-order valence-corrected chi connectivity index (χ4v) is 5.75. The lowest BCUT2D eigenvalue weighted by molar-refractivity contribution is 0.198. The zero-order valence-electron chi connectivity index (χ0n) is 20.8. The summed E-state index contributed by atoms with van der Waals surface area (Å²) < 4.78 is 18.8. The second-order valence-corrected chi connectivity index (χ2v) is 10.3. The molecule has 0 spiro atoms. The quantitative estimate of drug-likeness (QED) is 0.361. The topological polar surface area (TPSA) is 32.7 Å². The highest BCUT2D eigenvalue weighted by molar-refractivity contribution is 6.31. The average molecular weight is 506 g/mol. The third kappa shape index (κ3) is 5.30. The van der Waals surface area contributed by atoms with Gasteiger partial charge in [0.25, 0.3) is 0 Å². The number of alkyl halides is 1. The number of hydrogen-bond acceptors (Lipinski definition) is 3. The minimum absolute atomic E-state index is 0.140. The molecule has 3 aromatic rings. The molecule has 1 N–H and O–H groups in total. The first-order chi connectivity index (χ1) is 17.5. The number of benzene rings is 3. The van der Waals surface area contributed by atoms with Gasteiger partial charge in [-0.3, -0.25) is 9.29 Å². The van der Waals surface area contributed by atoms with E-state index in [9.17, 15) is 9.50 Å². The molecule has 1 heterocycles. The van der Waals surface area contributed by atoms with Crippen LogP contribution in [0.4, 0.5) is 4.39 Å². The van der Waals surface area contributed by atoms with Gasteiger partial charge in [0.05, 0.1) is 6.67 Å². The van der Waals surface area contributed by atoms with Gasteiger partial charge in [-0.1, -0.05) is 41.9 Å². The van der Waals surface area contributed by atoms with Crippen molar-refractivity contribution in [2.24, 2.45) is 0 Å². The number of halogens is 2. The number of ether oxygens (including phenoxy) is 1. The van der Waals surface area contributed by atoms with Gasteiger partial charge in [0, 0.05) is 24.7 Å². The molecule has 1 aliphatic carbocycles. The number of aryl methyl sites for hydroxylation is 1. The van der Waals surface area contributed by atoms with Crippen LogP contribution in [0.5, 0.6) is 11.5 Å². The van der Waals surface area contributed by atoms with Crippen LogP contribution in [0, 0.1) is 6.92 Å². The first-order valence-electron chi connectivity index (χ1n) is 12.9. The summed E-state index contributed by atoms with van der Waals surface area (Å²) in [6.07, 6.45) is 4.54. The molecule has 188 valence electrons. The van der Waals surface area contributed by atoms with Crippen LogP contribution in [0.3, 0.4) is 0 Å². The standard InChI is InChI=1S/C31H33ClFNO2/c1-21-27(6-3-8-30(21)32)29-7-2-5-23-19-24(35)11-14-28(23)31(29)22-9-12-25(13-10-22)36-26-15-18-34(20-26)17-4-16-33/h3,6,8-14,19,26,35H,2,4-5,7,15-18,20H2,1H3. The number of likely N-dealkylation sites (tertiary alicyclic amines) is 1. The maximum atomic E-state index is 12.5. The van der Waals surface area contributed by atoms with E-state index in [2.05, 4.69) is 42.2 Å². The summed E-state index contributed by atoms with van der Waals surface area (Å²) in [6, 6.07) is 20.2. The van der Waals surface area contributed by atoms with Crippen molar-refractivity contribution in [1.82, 2.24) is 4.90 Å². The van der Waals surface area contributed by atoms with E-state index in [0.29, 0.717) is 12.2 Å². The van der Waals surface area contributed by atoms with Crippen molar-refractivity contribution in [3.63, 3.8) is 0 Å². The van der Waals surface area contributed by atoms with E-state index >= 15 is 0 Å². The van der Waals surface area contributed by atoms with Crippen molar-refractivity contribution in [2.45, 2.75) is 45.1 Å². The average Bonchev–Trinajstić information content (AvgIpc) is 3.24. The molecule has 1 aliphatic heterocycles. The van der Waals surface area contributed by atoms with Crippen LogP contribution >= 0.6 is 11.6 Å². The molecule has 3 nitrogen and oxygen atoms in total. The molecule has 0 bridgehead atoms. The predicted octanol–water partition coefficient (Wildman–Crippen LogP) is 7.46. The molecule has 0 radical (unpaired) electrons. The number of fused-ring (bicyclic) bond motifs is 1. The molecule has 5 rings (SSSR count). The molecule has 5 heteroatoms. The van der Waals surface area contributed by atoms with Crippen LogP contribution < -0.4 is 4.74 Å². The molecule has 1 unspecified atom stereocenters. The van der Waals surface area contributed by atoms with Crippen molar-refractivity contribution in [3.05, 3.63) is 93.5 Å². The SMILES string of the molecule is Cc1c(Cl)cccc1C1=C(c2ccc(OC3CCN(CCCF)C3)cc2)c2ccc(O)cc2CCC1. The Morgan fingerprint density at radius 3 is 2.69 bits per heavy atom. The van der Waals surface area contributed by atoms with Gasteiger partial charge < -0.3 is 9.84 Å². The molecule has 1 saturated heterocycles. The molecule has 1 atom stereocenters. The van der Waals surface area contributed by atoms with E-state index in [-0.39, 0.29) is 12.8 Å². The highest BCUT2D eigenvalue weighted by Crippen LogP contribution is 2.42. The lowest BCUT2D eigenvalue weighted by Gasteiger charge is -2.19. The van der Waals surface area contributed by atoms with E-state index in [1.165, 1.54) is 22.3 Å². The number of hydrogen-bond donors (Lipinski definition) is 1. The van der Waals surface area contributed by atoms with E-state index < -0.39 is 0 Å². The monoisotopic (exact) mass is 505 g/mol. The summed E-state index contributed by atoms with van der Waals surface area (Å²) in [5, 5.41) is 10.9. The largest absolute Gasteiger partial charge is 0.508 e. The van der Waals surface area contributed by atoms with Crippen molar-refractivity contribution in [1.29, 1.82) is 0 Å². The molecule has 36 heavy (non-hydrogen) atoms. The highest BCUT2D eigenvalue weighted by atomic mass is 35.5. The number of phenols is 1. The fraction of sp³-hybridized carbons (Fsp3) is 0.355. The molecule has 0 aromatic heterocycles. The van der Waals surface area contributed by atoms with Crippen molar-refractivity contribution >= 4 is 22.7 Å². The number of rotatable bonds is 7. The Morgan fingerprint density at radius 2 is 1.89 bits per heavy atom. The third-order valence-corrected chi connectivity index (χ3v) is 7.82. The Labute approximate surface area is 218 Å². The van der Waals surface area contributed by atoms with Crippen LogP contribution in [0.25, 0.3) is 11.1 Å². The maximum Gasteiger partial charge on any atom is 0.119 e. The predicted molar refractivity (Wildman–Crippen MR) is 146 cm³/mol. The zero-order chi connectivity index (χ0) is 25.1. The van der Waals surface area contributed by atoms with Gasteiger partial charge >= 0.3 is 0 Å². The second-order valence-electron chi connectivity index (χ2n) is 9.86. The minimum Gasteiger partial charge on any atom is -0.508 e. The molecular formula is C31H33ClFNO2. The lowest BCUT2D eigenvalue weighted by Crippen LogP contribution is -2.26. The molecule has 0 amide bonds. The highest BCUT2D eigenvalue weighted by Gasteiger charge is 2.24. The first kappa shape index (κ1) is 24.9. The van der Waals surface area contributed by atoms with E-state index in [0.717, 1.165) is 72.8 Å². The van der Waals surface area contributed by atoms with Gasteiger partial charge in [0.2, 0.25) is 0 Å². The summed E-state index contributed by atoms with van der Waals surface area (Å²) in [4.78, 5) is 2.28. The van der Waals surface area contributed by atoms with Gasteiger partial charge in [-0.2, -0.15) is 0 Å². The molecule has 3 aromatic carbocycles. The fourth-order valence-electron chi connectivity index (χ4n) is 5.58. The van der Waals surface area contributed by atoms with Crippen LogP contribution in [-0.4, -0.2) is 42.4 Å². The van der Waals surface area contributed by atoms with Gasteiger partial charge in [0.15, 0.2) is 0 Å². The number of aromatic hydroxyl groups is 1. The van der Waals surface area contributed by atoms with Crippen molar-refractivity contribution in [3.8, 4) is 11.5 Å². The lowest BCUT2D eigenvalue weighted by atomic mass is 9.86. The van der Waals surface area contributed by atoms with Gasteiger partial charge in [0.1, 0.15) is 17.6 Å². The minimum atomic E-state index is -0.265. The zero-order valence-corrected chi connectivity index (χ0v) is 21.5. The van der Waals surface area contributed by atoms with E-state index in [4.69, 9.17) is 16.3 Å². The molecule has 2 aliphatic rings. The summed E-state index contributed by atoms with van der Waals surface area (Å²) >= 11 is 6.53. The van der Waals surface area contributed by atoms with Gasteiger partial charge in [-0.05, 0) is 108 Å². The van der Waals surface area contributed by atoms with Crippen LogP contribution in [0.2, 0.25) is 5.02 Å². The third-order valence-electron chi connectivity index (χ3n) is 7.41. The summed E-state index contributed by atoms with van der Waals surface area (Å²) in [5.74, 6) is 1.16. The Morgan fingerprint density at radius 1 is 1.06 bits per heavy atom. The Kier molecular flexibility index (Phi) is 7.64. The Hall–Kier alpha value is -2.82. The summed E-state index contributed by atoms with van der Waals surface area (Å²) in [6.45, 7) is 4.42. The number of nitrogens with zero attached hydrogens (tertiary/aromatic N) is 1. The number of allylic oxidation sites excluding steroid dienone is 1. The molecule has 0 saturated carbocycles. The van der Waals surface area contributed by atoms with Crippen LogP contribution in [0.1, 0.15) is 53.5 Å². The van der Waals surface area contributed by atoms with E-state index in [1.807, 2.05) is 24.3 Å². The van der Waals surface area contributed by atoms with Crippen molar-refractivity contribution < 1.29 is 14.2 Å². The smallest absolute Gasteiger partial charge is 0.119 e. The Bertz CT molecular complexity index is 1250. The number of phenolic OH excluding ortho intramolecular Hbond substituents is 1. The van der Waals surface area contributed by atoms with Gasteiger partial charge in [-0.15, -0.1) is 0 Å². The second kappa shape index (κ2) is 11.1. The molecular weight excluding hydrogens is 473 g/mol. The first-order valence-corrected chi connectivity index (χ1v) is 13.3. The Balaban J connectivity index is 1.50. The van der Waals surface area contributed by atoms with E-state index in [1.54, 1.807) is 6.07 Å². The maximum absolute atomic E-state index is 12.5. The summed E-state index contributed by atoms with van der Waals surface area (Å²) in [7, 11) is 0. The van der Waals surface area contributed by atoms with Crippen molar-refractivity contribution in [2.75, 3.05) is 26.3 Å².